The number of carbonyl (C=O) groups excluding carboxylic acids is 2. The van der Waals surface area contributed by atoms with Crippen LogP contribution in [0.3, 0.4) is 0 Å². The van der Waals surface area contributed by atoms with Crippen LogP contribution in [-0.2, 0) is 20.7 Å². The molecule has 0 spiro atoms. The molecule has 0 saturated carbocycles. The molecule has 142 valence electrons. The predicted octanol–water partition coefficient (Wildman–Crippen LogP) is 4.13. The summed E-state index contributed by atoms with van der Waals surface area (Å²) in [5.74, 6) is -0.389. The van der Waals surface area contributed by atoms with E-state index in [0.717, 1.165) is 25.7 Å². The predicted molar refractivity (Wildman–Crippen MR) is 106 cm³/mol. The van der Waals surface area contributed by atoms with Gasteiger partial charge < -0.3 is 10.1 Å². The van der Waals surface area contributed by atoms with Gasteiger partial charge in [-0.25, -0.2) is 4.79 Å². The summed E-state index contributed by atoms with van der Waals surface area (Å²) in [6.07, 6.45) is 4.08. The van der Waals surface area contributed by atoms with Crippen LogP contribution in [0.25, 0.3) is 11.1 Å². The molecular weight excluding hydrogens is 338 g/mol. The zero-order valence-corrected chi connectivity index (χ0v) is 15.8. The largest absolute Gasteiger partial charge is 0.464 e. The second kappa shape index (κ2) is 9.36. The van der Waals surface area contributed by atoms with Gasteiger partial charge in [0.05, 0.1) is 6.61 Å². The van der Waals surface area contributed by atoms with E-state index >= 15 is 0 Å². The van der Waals surface area contributed by atoms with Crippen LogP contribution in [0.1, 0.15) is 38.2 Å². The molecule has 1 amide bonds. The number of amides is 1. The molecule has 1 aliphatic heterocycles. The number of ether oxygens (including phenoxy) is 1. The van der Waals surface area contributed by atoms with Crippen molar-refractivity contribution in [2.75, 3.05) is 6.61 Å². The molecule has 4 heteroatoms. The molecule has 1 saturated heterocycles. The van der Waals surface area contributed by atoms with Gasteiger partial charge in [0, 0.05) is 12.3 Å². The van der Waals surface area contributed by atoms with Gasteiger partial charge in [0.15, 0.2) is 0 Å². The van der Waals surface area contributed by atoms with E-state index in [0.29, 0.717) is 13.0 Å². The van der Waals surface area contributed by atoms with Gasteiger partial charge >= 0.3 is 5.97 Å². The van der Waals surface area contributed by atoms with E-state index in [1.165, 1.54) is 16.7 Å². The first-order valence-corrected chi connectivity index (χ1v) is 9.78. The molecule has 1 heterocycles. The Morgan fingerprint density at radius 1 is 1.11 bits per heavy atom. The van der Waals surface area contributed by atoms with Crippen LogP contribution >= 0.6 is 0 Å². The van der Waals surface area contributed by atoms with E-state index in [9.17, 15) is 9.59 Å². The Morgan fingerprint density at radius 3 is 2.44 bits per heavy atom. The summed E-state index contributed by atoms with van der Waals surface area (Å²) in [6, 6.07) is 18.5. The van der Waals surface area contributed by atoms with Gasteiger partial charge in [-0.1, -0.05) is 61.5 Å². The number of benzene rings is 2. The van der Waals surface area contributed by atoms with Gasteiger partial charge in [0.2, 0.25) is 5.91 Å². The van der Waals surface area contributed by atoms with Crippen molar-refractivity contribution in [3.05, 3.63) is 60.2 Å². The minimum Gasteiger partial charge on any atom is -0.464 e. The Labute approximate surface area is 160 Å². The minimum atomic E-state index is -0.461. The number of carbonyl (C=O) groups is 2. The van der Waals surface area contributed by atoms with Crippen molar-refractivity contribution in [2.45, 2.75) is 45.1 Å². The lowest BCUT2D eigenvalue weighted by Gasteiger charge is -2.17. The van der Waals surface area contributed by atoms with Gasteiger partial charge in [-0.3, -0.25) is 4.79 Å². The second-order valence-electron chi connectivity index (χ2n) is 7.08. The van der Waals surface area contributed by atoms with Gasteiger partial charge in [0.25, 0.3) is 0 Å². The highest BCUT2D eigenvalue weighted by Gasteiger charge is 2.29. The molecule has 0 aliphatic carbocycles. The van der Waals surface area contributed by atoms with Crippen LogP contribution < -0.4 is 5.32 Å². The monoisotopic (exact) mass is 365 g/mol. The maximum Gasteiger partial charge on any atom is 0.328 e. The van der Waals surface area contributed by atoms with E-state index in [4.69, 9.17) is 4.74 Å². The number of rotatable bonds is 8. The van der Waals surface area contributed by atoms with Crippen molar-refractivity contribution in [1.29, 1.82) is 0 Å². The third-order valence-electron chi connectivity index (χ3n) is 5.19. The standard InChI is InChI=1S/C23H27NO3/c1-2-18(22(25)24-21-15-16-27-23(21)26)10-6-7-17-11-13-20(14-12-17)19-8-4-3-5-9-19/h3-5,8-9,11-14,18,21H,2,6-7,10,15-16H2,1H3,(H,24,25)/t18-,21+/m1/s1. The number of nitrogens with one attached hydrogen (secondary N) is 1. The van der Waals surface area contributed by atoms with E-state index in [-0.39, 0.29) is 17.8 Å². The van der Waals surface area contributed by atoms with Gasteiger partial charge in [0.1, 0.15) is 6.04 Å². The van der Waals surface area contributed by atoms with Gasteiger partial charge in [-0.15, -0.1) is 0 Å². The van der Waals surface area contributed by atoms with Crippen LogP contribution in [0.15, 0.2) is 54.6 Å². The molecule has 0 aromatic heterocycles. The number of esters is 1. The molecule has 0 bridgehead atoms. The average molecular weight is 365 g/mol. The molecule has 1 aliphatic rings. The number of cyclic esters (lactones) is 1. The fourth-order valence-electron chi connectivity index (χ4n) is 3.48. The lowest BCUT2D eigenvalue weighted by Crippen LogP contribution is -2.41. The Morgan fingerprint density at radius 2 is 1.81 bits per heavy atom. The number of hydrogen-bond acceptors (Lipinski definition) is 3. The summed E-state index contributed by atoms with van der Waals surface area (Å²) in [5, 5.41) is 2.84. The quantitative estimate of drug-likeness (QED) is 0.716. The summed E-state index contributed by atoms with van der Waals surface area (Å²) < 4.78 is 4.91. The summed E-state index contributed by atoms with van der Waals surface area (Å²) >= 11 is 0. The van der Waals surface area contributed by atoms with Gasteiger partial charge in [-0.2, -0.15) is 0 Å². The van der Waals surface area contributed by atoms with E-state index in [1.54, 1.807) is 0 Å². The first kappa shape index (κ1) is 19.2. The second-order valence-corrected chi connectivity index (χ2v) is 7.08. The van der Waals surface area contributed by atoms with Crippen molar-refractivity contribution >= 4 is 11.9 Å². The van der Waals surface area contributed by atoms with Gasteiger partial charge in [-0.05, 0) is 42.4 Å². The third kappa shape index (κ3) is 5.19. The Hall–Kier alpha value is -2.62. The van der Waals surface area contributed by atoms with Crippen LogP contribution in [0.4, 0.5) is 0 Å². The third-order valence-corrected chi connectivity index (χ3v) is 5.19. The van der Waals surface area contributed by atoms with Crippen molar-refractivity contribution < 1.29 is 14.3 Å². The summed E-state index contributed by atoms with van der Waals surface area (Å²) in [4.78, 5) is 23.9. The fourth-order valence-corrected chi connectivity index (χ4v) is 3.48. The van der Waals surface area contributed by atoms with Crippen LogP contribution in [-0.4, -0.2) is 24.5 Å². The highest BCUT2D eigenvalue weighted by molar-refractivity contribution is 5.86. The first-order valence-electron chi connectivity index (χ1n) is 9.78. The van der Waals surface area contributed by atoms with E-state index < -0.39 is 6.04 Å². The van der Waals surface area contributed by atoms with Crippen molar-refractivity contribution in [2.24, 2.45) is 5.92 Å². The molecule has 2 aromatic carbocycles. The molecule has 2 aromatic rings. The normalized spacial score (nSPS) is 17.4. The van der Waals surface area contributed by atoms with E-state index in [2.05, 4.69) is 41.7 Å². The molecule has 1 N–H and O–H groups in total. The molecule has 27 heavy (non-hydrogen) atoms. The highest BCUT2D eigenvalue weighted by atomic mass is 16.5. The van der Waals surface area contributed by atoms with Crippen LogP contribution in [0.5, 0.6) is 0 Å². The van der Waals surface area contributed by atoms with Crippen LogP contribution in [0.2, 0.25) is 0 Å². The lowest BCUT2D eigenvalue weighted by atomic mass is 9.95. The molecule has 0 radical (unpaired) electrons. The van der Waals surface area contributed by atoms with Crippen molar-refractivity contribution in [3.8, 4) is 11.1 Å². The first-order chi connectivity index (χ1) is 13.2. The Bertz CT molecular complexity index is 755. The highest BCUT2D eigenvalue weighted by Crippen LogP contribution is 2.21. The van der Waals surface area contributed by atoms with E-state index in [1.807, 2.05) is 25.1 Å². The summed E-state index contributed by atoms with van der Waals surface area (Å²) in [7, 11) is 0. The summed E-state index contributed by atoms with van der Waals surface area (Å²) in [5.41, 5.74) is 3.72. The number of aryl methyl sites for hydroxylation is 1. The Kier molecular flexibility index (Phi) is 6.64. The zero-order chi connectivity index (χ0) is 19.1. The zero-order valence-electron chi connectivity index (χ0n) is 15.8. The molecule has 4 nitrogen and oxygen atoms in total. The molecule has 1 fully saturated rings. The SMILES string of the molecule is CC[C@H](CCCc1ccc(-c2ccccc2)cc1)C(=O)N[C@H]1CCOC1=O. The van der Waals surface area contributed by atoms with Crippen molar-refractivity contribution in [3.63, 3.8) is 0 Å². The number of hydrogen-bond donors (Lipinski definition) is 1. The topological polar surface area (TPSA) is 55.4 Å². The Balaban J connectivity index is 1.47. The average Bonchev–Trinajstić information content (AvgIpc) is 3.11. The molecule has 0 unspecified atom stereocenters. The fraction of sp³-hybridized carbons (Fsp3) is 0.391. The lowest BCUT2D eigenvalue weighted by molar-refractivity contribution is -0.142. The molecule has 3 rings (SSSR count). The molecule has 2 atom stereocenters. The maximum absolute atomic E-state index is 12.4. The maximum atomic E-state index is 12.4. The van der Waals surface area contributed by atoms with Crippen molar-refractivity contribution in [1.82, 2.24) is 5.32 Å². The minimum absolute atomic E-state index is 0.0271. The summed E-state index contributed by atoms with van der Waals surface area (Å²) in [6.45, 7) is 2.42. The molecular formula is C23H27NO3. The smallest absolute Gasteiger partial charge is 0.328 e. The van der Waals surface area contributed by atoms with Crippen LogP contribution in [0, 0.1) is 5.92 Å².